The van der Waals surface area contributed by atoms with Gasteiger partial charge < -0.3 is 0 Å². The highest BCUT2D eigenvalue weighted by molar-refractivity contribution is 5.91. The summed E-state index contributed by atoms with van der Waals surface area (Å²) in [6.45, 7) is 4.74. The van der Waals surface area contributed by atoms with Crippen LogP contribution in [0, 0.1) is 23.2 Å². The molecule has 0 aliphatic heterocycles. The first-order chi connectivity index (χ1) is 9.48. The number of carbonyl (C=O) groups excluding carboxylic acids is 2. The van der Waals surface area contributed by atoms with E-state index >= 15 is 0 Å². The summed E-state index contributed by atoms with van der Waals surface area (Å²) in [7, 11) is 0. The third kappa shape index (κ3) is 2.30. The molecule has 1 saturated carbocycles. The summed E-state index contributed by atoms with van der Waals surface area (Å²) in [5.41, 5.74) is 1.62. The molecule has 0 heterocycles. The van der Waals surface area contributed by atoms with E-state index in [4.69, 9.17) is 0 Å². The van der Waals surface area contributed by atoms with Crippen LogP contribution in [0.5, 0.6) is 0 Å². The van der Waals surface area contributed by atoms with Crippen molar-refractivity contribution in [3.05, 3.63) is 23.8 Å². The lowest BCUT2D eigenvalue weighted by atomic mass is 9.54. The van der Waals surface area contributed by atoms with Crippen LogP contribution in [0.15, 0.2) is 23.8 Å². The fraction of sp³-hybridized carbons (Fsp3) is 0.667. The molecular formula is C18H24O2. The fourth-order valence-corrected chi connectivity index (χ4v) is 4.72. The second kappa shape index (κ2) is 4.98. The first-order valence-corrected chi connectivity index (χ1v) is 7.93. The van der Waals surface area contributed by atoms with Gasteiger partial charge in [0, 0.05) is 12.8 Å². The molecule has 108 valence electrons. The number of hydrogen-bond donors (Lipinski definition) is 0. The Morgan fingerprint density at radius 3 is 2.45 bits per heavy atom. The molecule has 0 bridgehead atoms. The predicted molar refractivity (Wildman–Crippen MR) is 79.2 cm³/mol. The average Bonchev–Trinajstić information content (AvgIpc) is 2.40. The van der Waals surface area contributed by atoms with Crippen LogP contribution in [0.25, 0.3) is 0 Å². The van der Waals surface area contributed by atoms with Crippen molar-refractivity contribution in [3.63, 3.8) is 0 Å². The molecule has 0 amide bonds. The summed E-state index contributed by atoms with van der Waals surface area (Å²) in [6.07, 6.45) is 11.5. The van der Waals surface area contributed by atoms with Crippen LogP contribution >= 0.6 is 0 Å². The van der Waals surface area contributed by atoms with Gasteiger partial charge in [-0.15, -0.1) is 0 Å². The quantitative estimate of drug-likeness (QED) is 0.726. The summed E-state index contributed by atoms with van der Waals surface area (Å²) < 4.78 is 0. The maximum Gasteiger partial charge on any atom is 0.155 e. The van der Waals surface area contributed by atoms with Crippen molar-refractivity contribution in [1.82, 2.24) is 0 Å². The van der Waals surface area contributed by atoms with Crippen LogP contribution in [-0.4, -0.2) is 11.6 Å². The van der Waals surface area contributed by atoms with E-state index in [9.17, 15) is 9.59 Å². The molecule has 0 saturated heterocycles. The number of fused-ring (bicyclic) bond motifs is 1. The molecule has 0 aromatic heterocycles. The molecule has 0 spiro atoms. The van der Waals surface area contributed by atoms with Gasteiger partial charge in [0.15, 0.2) is 11.6 Å². The Hall–Kier alpha value is -1.18. The smallest absolute Gasteiger partial charge is 0.155 e. The van der Waals surface area contributed by atoms with Crippen molar-refractivity contribution in [3.8, 4) is 0 Å². The minimum atomic E-state index is 0.236. The van der Waals surface area contributed by atoms with Gasteiger partial charge in [-0.1, -0.05) is 25.5 Å². The van der Waals surface area contributed by atoms with Crippen LogP contribution in [0.2, 0.25) is 0 Å². The number of rotatable bonds is 1. The van der Waals surface area contributed by atoms with E-state index in [1.165, 1.54) is 5.57 Å². The normalized spacial score (nSPS) is 36.5. The molecule has 3 unspecified atom stereocenters. The van der Waals surface area contributed by atoms with Gasteiger partial charge in [0.1, 0.15) is 0 Å². The Morgan fingerprint density at radius 2 is 1.75 bits per heavy atom. The Balaban J connectivity index is 1.85. The summed E-state index contributed by atoms with van der Waals surface area (Å²) in [4.78, 5) is 23.0. The van der Waals surface area contributed by atoms with Crippen LogP contribution in [-0.2, 0) is 9.59 Å². The molecule has 3 atom stereocenters. The Morgan fingerprint density at radius 1 is 1.00 bits per heavy atom. The first-order valence-electron chi connectivity index (χ1n) is 7.93. The lowest BCUT2D eigenvalue weighted by Gasteiger charge is -2.50. The lowest BCUT2D eigenvalue weighted by molar-refractivity contribution is -0.117. The van der Waals surface area contributed by atoms with Crippen molar-refractivity contribution in [2.75, 3.05) is 0 Å². The minimum Gasteiger partial charge on any atom is -0.295 e. The van der Waals surface area contributed by atoms with Gasteiger partial charge >= 0.3 is 0 Å². The van der Waals surface area contributed by atoms with Crippen molar-refractivity contribution < 1.29 is 9.59 Å². The maximum absolute atomic E-state index is 11.6. The standard InChI is InChI=1S/C18H24O2/c1-18(2)16(12-3-6-14(19)7-4-12)9-5-13-11-15(20)8-10-17(13)18/h3,6,11-12,16-17H,4-5,7-10H2,1-2H3. The topological polar surface area (TPSA) is 34.1 Å². The van der Waals surface area contributed by atoms with E-state index in [1.54, 1.807) is 6.08 Å². The highest BCUT2D eigenvalue weighted by Gasteiger charge is 2.46. The molecule has 2 heteroatoms. The zero-order valence-electron chi connectivity index (χ0n) is 12.5. The van der Waals surface area contributed by atoms with E-state index in [0.29, 0.717) is 36.4 Å². The number of allylic oxidation sites excluding steroid dienone is 4. The molecule has 3 aliphatic rings. The summed E-state index contributed by atoms with van der Waals surface area (Å²) in [5, 5.41) is 0. The van der Waals surface area contributed by atoms with E-state index in [2.05, 4.69) is 19.9 Å². The van der Waals surface area contributed by atoms with Gasteiger partial charge in [0.05, 0.1) is 0 Å². The van der Waals surface area contributed by atoms with E-state index < -0.39 is 0 Å². The third-order valence-corrected chi connectivity index (χ3v) is 5.84. The maximum atomic E-state index is 11.6. The second-order valence-corrected chi connectivity index (χ2v) is 7.27. The van der Waals surface area contributed by atoms with Crippen LogP contribution in [0.4, 0.5) is 0 Å². The Labute approximate surface area is 121 Å². The molecule has 1 fully saturated rings. The highest BCUT2D eigenvalue weighted by atomic mass is 16.1. The van der Waals surface area contributed by atoms with E-state index in [-0.39, 0.29) is 11.2 Å². The monoisotopic (exact) mass is 272 g/mol. The SMILES string of the molecule is CC1(C)C2CCC(=O)C=C2CCC1C1C=CC(=O)CC1. The average molecular weight is 272 g/mol. The summed E-state index contributed by atoms with van der Waals surface area (Å²) in [5.74, 6) is 2.33. The Kier molecular flexibility index (Phi) is 3.43. The van der Waals surface area contributed by atoms with E-state index in [0.717, 1.165) is 25.7 Å². The van der Waals surface area contributed by atoms with Gasteiger partial charge in [-0.3, -0.25) is 9.59 Å². The van der Waals surface area contributed by atoms with Crippen LogP contribution < -0.4 is 0 Å². The summed E-state index contributed by atoms with van der Waals surface area (Å²) in [6, 6.07) is 0. The van der Waals surface area contributed by atoms with Gasteiger partial charge in [-0.05, 0) is 61.0 Å². The van der Waals surface area contributed by atoms with Crippen molar-refractivity contribution in [2.45, 2.75) is 52.4 Å². The van der Waals surface area contributed by atoms with Crippen molar-refractivity contribution in [2.24, 2.45) is 23.2 Å². The molecule has 2 nitrogen and oxygen atoms in total. The molecule has 20 heavy (non-hydrogen) atoms. The Bertz CT molecular complexity index is 496. The van der Waals surface area contributed by atoms with Crippen molar-refractivity contribution >= 4 is 11.6 Å². The number of hydrogen-bond acceptors (Lipinski definition) is 2. The third-order valence-electron chi connectivity index (χ3n) is 5.84. The minimum absolute atomic E-state index is 0.236. The van der Waals surface area contributed by atoms with Gasteiger partial charge in [-0.2, -0.15) is 0 Å². The molecule has 3 rings (SSSR count). The fourth-order valence-electron chi connectivity index (χ4n) is 4.72. The molecule has 3 aliphatic carbocycles. The second-order valence-electron chi connectivity index (χ2n) is 7.27. The molecule has 0 aromatic carbocycles. The number of ketones is 2. The molecular weight excluding hydrogens is 248 g/mol. The molecule has 0 aromatic rings. The molecule has 0 N–H and O–H groups in total. The summed E-state index contributed by atoms with van der Waals surface area (Å²) >= 11 is 0. The van der Waals surface area contributed by atoms with Gasteiger partial charge in [0.25, 0.3) is 0 Å². The van der Waals surface area contributed by atoms with Crippen molar-refractivity contribution in [1.29, 1.82) is 0 Å². The zero-order chi connectivity index (χ0) is 14.3. The van der Waals surface area contributed by atoms with Crippen LogP contribution in [0.1, 0.15) is 52.4 Å². The predicted octanol–water partition coefficient (Wildman–Crippen LogP) is 3.86. The zero-order valence-corrected chi connectivity index (χ0v) is 12.5. The van der Waals surface area contributed by atoms with E-state index in [1.807, 2.05) is 6.08 Å². The van der Waals surface area contributed by atoms with Gasteiger partial charge in [-0.25, -0.2) is 0 Å². The lowest BCUT2D eigenvalue weighted by Crippen LogP contribution is -2.43. The molecule has 0 radical (unpaired) electrons. The van der Waals surface area contributed by atoms with Gasteiger partial charge in [0.2, 0.25) is 0 Å². The highest BCUT2D eigenvalue weighted by Crippen LogP contribution is 2.54. The number of carbonyl (C=O) groups is 2. The largest absolute Gasteiger partial charge is 0.295 e. The first kappa shape index (κ1) is 13.8. The van der Waals surface area contributed by atoms with Crippen LogP contribution in [0.3, 0.4) is 0 Å².